The molecule has 0 aliphatic carbocycles. The maximum Gasteiger partial charge on any atom is 0.241 e. The molecule has 0 atom stereocenters. The predicted molar refractivity (Wildman–Crippen MR) is 78.3 cm³/mol. The molecule has 0 saturated heterocycles. The van der Waals surface area contributed by atoms with Gasteiger partial charge in [0.05, 0.1) is 13.2 Å². The monoisotopic (exact) mass is 264 g/mol. The predicted octanol–water partition coefficient (Wildman–Crippen LogP) is 1.79. The summed E-state index contributed by atoms with van der Waals surface area (Å²) < 4.78 is 0. The number of anilines is 1. The number of hydrogen-bond donors (Lipinski definition) is 1. The molecule has 4 heteroatoms. The third kappa shape index (κ3) is 4.24. The molecule has 0 saturated carbocycles. The molecule has 106 valence electrons. The number of carbonyl (C=O) groups excluding carboxylic acids is 1. The minimum atomic E-state index is -0.00657. The number of nitrogens with zero attached hydrogens (tertiary/aromatic N) is 2. The van der Waals surface area contributed by atoms with E-state index in [0.717, 1.165) is 29.8 Å². The fraction of sp³-hybridized carbons (Fsp3) is 0.533. The van der Waals surface area contributed by atoms with E-state index in [4.69, 9.17) is 0 Å². The van der Waals surface area contributed by atoms with Crippen LogP contribution in [0, 0.1) is 6.92 Å². The summed E-state index contributed by atoms with van der Waals surface area (Å²) >= 11 is 0. The molecule has 1 aromatic rings. The Kier molecular flexibility index (Phi) is 5.83. The quantitative estimate of drug-likeness (QED) is 0.852. The maximum atomic E-state index is 11.9. The molecular formula is C15H24N2O2. The van der Waals surface area contributed by atoms with Gasteiger partial charge >= 0.3 is 0 Å². The lowest BCUT2D eigenvalue weighted by Gasteiger charge is -2.27. The van der Waals surface area contributed by atoms with Crippen molar-refractivity contribution in [3.05, 3.63) is 29.3 Å². The van der Waals surface area contributed by atoms with Crippen molar-refractivity contribution in [2.24, 2.45) is 0 Å². The minimum absolute atomic E-state index is 0.00657. The molecule has 1 N–H and O–H groups in total. The van der Waals surface area contributed by atoms with Gasteiger partial charge in [-0.05, 0) is 19.4 Å². The molecule has 0 aromatic heterocycles. The van der Waals surface area contributed by atoms with E-state index in [1.807, 2.05) is 30.0 Å². The van der Waals surface area contributed by atoms with Crippen molar-refractivity contribution in [3.63, 3.8) is 0 Å². The van der Waals surface area contributed by atoms with E-state index < -0.39 is 0 Å². The SMILES string of the molecule is CCCN(CC(=O)N(C)C)c1ccc(C)cc1CO. The first-order valence-corrected chi connectivity index (χ1v) is 6.65. The van der Waals surface area contributed by atoms with Crippen LogP contribution in [-0.4, -0.2) is 43.1 Å². The molecule has 0 radical (unpaired) electrons. The number of aliphatic hydroxyl groups is 1. The smallest absolute Gasteiger partial charge is 0.241 e. The van der Waals surface area contributed by atoms with Gasteiger partial charge in [0.2, 0.25) is 5.91 Å². The molecular weight excluding hydrogens is 240 g/mol. The van der Waals surface area contributed by atoms with E-state index in [1.54, 1.807) is 19.0 Å². The molecule has 4 nitrogen and oxygen atoms in total. The van der Waals surface area contributed by atoms with Crippen molar-refractivity contribution in [2.75, 3.05) is 32.1 Å². The van der Waals surface area contributed by atoms with Crippen molar-refractivity contribution in [1.29, 1.82) is 0 Å². The highest BCUT2D eigenvalue weighted by Gasteiger charge is 2.15. The summed E-state index contributed by atoms with van der Waals surface area (Å²) in [5, 5.41) is 9.48. The number of aliphatic hydroxyl groups excluding tert-OH is 1. The van der Waals surface area contributed by atoms with Gasteiger partial charge in [0.25, 0.3) is 0 Å². The van der Waals surface area contributed by atoms with Crippen LogP contribution in [0.5, 0.6) is 0 Å². The van der Waals surface area contributed by atoms with Gasteiger partial charge in [0.1, 0.15) is 0 Å². The summed E-state index contributed by atoms with van der Waals surface area (Å²) in [6, 6.07) is 5.97. The van der Waals surface area contributed by atoms with Gasteiger partial charge in [-0.3, -0.25) is 4.79 Å². The highest BCUT2D eigenvalue weighted by molar-refractivity contribution is 5.81. The molecule has 0 fully saturated rings. The zero-order valence-corrected chi connectivity index (χ0v) is 12.3. The molecule has 19 heavy (non-hydrogen) atoms. The van der Waals surface area contributed by atoms with E-state index in [2.05, 4.69) is 6.92 Å². The standard InChI is InChI=1S/C15H24N2O2/c1-5-8-17(10-15(19)16(3)4)14-7-6-12(2)9-13(14)11-18/h6-7,9,18H,5,8,10-11H2,1-4H3. The largest absolute Gasteiger partial charge is 0.392 e. The topological polar surface area (TPSA) is 43.8 Å². The number of hydrogen-bond acceptors (Lipinski definition) is 3. The van der Waals surface area contributed by atoms with Crippen LogP contribution in [0.2, 0.25) is 0 Å². The summed E-state index contributed by atoms with van der Waals surface area (Å²) in [6.45, 7) is 5.22. The number of aryl methyl sites for hydroxylation is 1. The lowest BCUT2D eigenvalue weighted by Crippen LogP contribution is -2.37. The van der Waals surface area contributed by atoms with Gasteiger partial charge in [-0.25, -0.2) is 0 Å². The van der Waals surface area contributed by atoms with E-state index in [0.29, 0.717) is 6.54 Å². The minimum Gasteiger partial charge on any atom is -0.392 e. The van der Waals surface area contributed by atoms with E-state index in [9.17, 15) is 9.90 Å². The first kappa shape index (κ1) is 15.5. The van der Waals surface area contributed by atoms with Gasteiger partial charge in [-0.2, -0.15) is 0 Å². The summed E-state index contributed by atoms with van der Waals surface area (Å²) in [6.07, 6.45) is 0.958. The molecule has 0 bridgehead atoms. The van der Waals surface area contributed by atoms with Crippen molar-refractivity contribution < 1.29 is 9.90 Å². The van der Waals surface area contributed by atoms with Crippen LogP contribution >= 0.6 is 0 Å². The van der Waals surface area contributed by atoms with Crippen molar-refractivity contribution in [2.45, 2.75) is 26.9 Å². The number of carbonyl (C=O) groups is 1. The van der Waals surface area contributed by atoms with Gasteiger partial charge < -0.3 is 14.9 Å². The van der Waals surface area contributed by atoms with Crippen molar-refractivity contribution in [1.82, 2.24) is 4.90 Å². The third-order valence-electron chi connectivity index (χ3n) is 3.06. The molecule has 0 spiro atoms. The van der Waals surface area contributed by atoms with Crippen LogP contribution in [0.3, 0.4) is 0 Å². The van der Waals surface area contributed by atoms with E-state index >= 15 is 0 Å². The Morgan fingerprint density at radius 3 is 2.53 bits per heavy atom. The second-order valence-corrected chi connectivity index (χ2v) is 5.00. The Morgan fingerprint density at radius 2 is 2.00 bits per heavy atom. The fourth-order valence-corrected chi connectivity index (χ4v) is 2.01. The Labute approximate surface area is 115 Å². The maximum absolute atomic E-state index is 11.9. The van der Waals surface area contributed by atoms with Gasteiger partial charge in [-0.1, -0.05) is 24.6 Å². The summed E-state index contributed by atoms with van der Waals surface area (Å²) in [5.41, 5.74) is 2.94. The Balaban J connectivity index is 3.01. The normalized spacial score (nSPS) is 10.4. The Morgan fingerprint density at radius 1 is 1.32 bits per heavy atom. The molecule has 1 aromatic carbocycles. The second kappa shape index (κ2) is 7.14. The molecule has 0 aliphatic rings. The zero-order valence-electron chi connectivity index (χ0n) is 12.3. The highest BCUT2D eigenvalue weighted by atomic mass is 16.3. The Bertz CT molecular complexity index is 430. The number of benzene rings is 1. The van der Waals surface area contributed by atoms with Crippen LogP contribution in [0.1, 0.15) is 24.5 Å². The average Bonchev–Trinajstić information content (AvgIpc) is 2.37. The number of likely N-dealkylation sites (N-methyl/N-ethyl adjacent to an activating group) is 1. The third-order valence-corrected chi connectivity index (χ3v) is 3.06. The highest BCUT2D eigenvalue weighted by Crippen LogP contribution is 2.22. The second-order valence-electron chi connectivity index (χ2n) is 5.00. The van der Waals surface area contributed by atoms with Gasteiger partial charge in [0.15, 0.2) is 0 Å². The lowest BCUT2D eigenvalue weighted by molar-refractivity contribution is -0.127. The summed E-state index contributed by atoms with van der Waals surface area (Å²) in [5.74, 6) is 0.0675. The molecule has 0 unspecified atom stereocenters. The lowest BCUT2D eigenvalue weighted by atomic mass is 10.1. The van der Waals surface area contributed by atoms with Crippen molar-refractivity contribution >= 4 is 11.6 Å². The molecule has 0 heterocycles. The van der Waals surface area contributed by atoms with Crippen molar-refractivity contribution in [3.8, 4) is 0 Å². The first-order valence-electron chi connectivity index (χ1n) is 6.65. The summed E-state index contributed by atoms with van der Waals surface area (Å²) in [7, 11) is 3.52. The molecule has 0 aliphatic heterocycles. The molecule has 1 amide bonds. The summed E-state index contributed by atoms with van der Waals surface area (Å²) in [4.78, 5) is 15.5. The fourth-order valence-electron chi connectivity index (χ4n) is 2.01. The first-order chi connectivity index (χ1) is 8.99. The van der Waals surface area contributed by atoms with E-state index in [-0.39, 0.29) is 12.5 Å². The molecule has 1 rings (SSSR count). The average molecular weight is 264 g/mol. The van der Waals surface area contributed by atoms with Gasteiger partial charge in [0, 0.05) is 31.9 Å². The van der Waals surface area contributed by atoms with Gasteiger partial charge in [-0.15, -0.1) is 0 Å². The van der Waals surface area contributed by atoms with Crippen LogP contribution in [0.4, 0.5) is 5.69 Å². The van der Waals surface area contributed by atoms with Crippen LogP contribution in [0.15, 0.2) is 18.2 Å². The van der Waals surface area contributed by atoms with Crippen LogP contribution < -0.4 is 4.90 Å². The van der Waals surface area contributed by atoms with E-state index in [1.165, 1.54) is 0 Å². The Hall–Kier alpha value is -1.55. The number of amides is 1. The van der Waals surface area contributed by atoms with Crippen LogP contribution in [-0.2, 0) is 11.4 Å². The zero-order chi connectivity index (χ0) is 14.4. The van der Waals surface area contributed by atoms with Crippen LogP contribution in [0.25, 0.3) is 0 Å². The number of rotatable bonds is 6.